The maximum Gasteiger partial charge on any atom is 0.321 e. The van der Waals surface area contributed by atoms with Crippen molar-refractivity contribution in [2.45, 2.75) is 19.8 Å². The largest absolute Gasteiger partial charge is 0.484 e. The SMILES string of the molecule is COCCNC(=O)NC(=O)COc1ccc(C(C)C)cc1. The molecule has 0 saturated heterocycles. The first kappa shape index (κ1) is 17.0. The summed E-state index contributed by atoms with van der Waals surface area (Å²) in [6.45, 7) is 4.73. The van der Waals surface area contributed by atoms with Crippen LogP contribution in [0.3, 0.4) is 0 Å². The van der Waals surface area contributed by atoms with Gasteiger partial charge in [0.2, 0.25) is 0 Å². The standard InChI is InChI=1S/C15H22N2O4/c1-11(2)12-4-6-13(7-5-12)21-10-14(18)17-15(19)16-8-9-20-3/h4-7,11H,8-10H2,1-3H3,(H2,16,17,18,19). The van der Waals surface area contributed by atoms with Crippen LogP contribution in [-0.4, -0.2) is 38.8 Å². The molecule has 0 aliphatic carbocycles. The lowest BCUT2D eigenvalue weighted by Crippen LogP contribution is -2.42. The van der Waals surface area contributed by atoms with E-state index in [-0.39, 0.29) is 6.61 Å². The van der Waals surface area contributed by atoms with E-state index in [2.05, 4.69) is 24.5 Å². The highest BCUT2D eigenvalue weighted by molar-refractivity contribution is 5.94. The van der Waals surface area contributed by atoms with Gasteiger partial charge in [0.05, 0.1) is 6.61 Å². The van der Waals surface area contributed by atoms with Gasteiger partial charge < -0.3 is 14.8 Å². The molecule has 0 spiro atoms. The Morgan fingerprint density at radius 1 is 1.19 bits per heavy atom. The first-order valence-corrected chi connectivity index (χ1v) is 6.82. The fourth-order valence-electron chi connectivity index (χ4n) is 1.57. The topological polar surface area (TPSA) is 76.7 Å². The van der Waals surface area contributed by atoms with Crippen molar-refractivity contribution in [1.29, 1.82) is 0 Å². The van der Waals surface area contributed by atoms with Gasteiger partial charge in [-0.1, -0.05) is 26.0 Å². The lowest BCUT2D eigenvalue weighted by Gasteiger charge is -2.09. The molecule has 0 aliphatic rings. The number of methoxy groups -OCH3 is 1. The Morgan fingerprint density at radius 2 is 1.86 bits per heavy atom. The number of ether oxygens (including phenoxy) is 2. The van der Waals surface area contributed by atoms with Crippen LogP contribution >= 0.6 is 0 Å². The number of hydrogen-bond acceptors (Lipinski definition) is 4. The second kappa shape index (κ2) is 8.97. The normalized spacial score (nSPS) is 10.3. The first-order chi connectivity index (χ1) is 10.0. The van der Waals surface area contributed by atoms with Crippen LogP contribution in [0.2, 0.25) is 0 Å². The number of benzene rings is 1. The lowest BCUT2D eigenvalue weighted by atomic mass is 10.0. The highest BCUT2D eigenvalue weighted by Crippen LogP contribution is 2.18. The van der Waals surface area contributed by atoms with Crippen molar-refractivity contribution in [1.82, 2.24) is 10.6 Å². The molecule has 1 aromatic rings. The predicted molar refractivity (Wildman–Crippen MR) is 79.4 cm³/mol. The summed E-state index contributed by atoms with van der Waals surface area (Å²) in [7, 11) is 1.53. The maximum atomic E-state index is 11.5. The van der Waals surface area contributed by atoms with Crippen molar-refractivity contribution >= 4 is 11.9 Å². The third kappa shape index (κ3) is 6.76. The summed E-state index contributed by atoms with van der Waals surface area (Å²) < 4.78 is 10.1. The molecule has 0 aliphatic heterocycles. The molecule has 1 rings (SSSR count). The van der Waals surface area contributed by atoms with Gasteiger partial charge in [-0.3, -0.25) is 10.1 Å². The third-order valence-corrected chi connectivity index (χ3v) is 2.76. The number of nitrogens with one attached hydrogen (secondary N) is 2. The fourth-order valence-corrected chi connectivity index (χ4v) is 1.57. The average molecular weight is 294 g/mol. The number of imide groups is 1. The zero-order valence-corrected chi connectivity index (χ0v) is 12.6. The van der Waals surface area contributed by atoms with Gasteiger partial charge in [-0.2, -0.15) is 0 Å². The Bertz CT molecular complexity index is 457. The molecule has 0 atom stereocenters. The van der Waals surface area contributed by atoms with Crippen molar-refractivity contribution in [3.8, 4) is 5.75 Å². The van der Waals surface area contributed by atoms with E-state index in [1.54, 1.807) is 12.1 Å². The van der Waals surface area contributed by atoms with Crippen molar-refractivity contribution in [2.75, 3.05) is 26.9 Å². The van der Waals surface area contributed by atoms with E-state index in [1.807, 2.05) is 12.1 Å². The van der Waals surface area contributed by atoms with E-state index >= 15 is 0 Å². The Morgan fingerprint density at radius 3 is 2.43 bits per heavy atom. The number of hydrogen-bond donors (Lipinski definition) is 2. The molecule has 116 valence electrons. The molecule has 3 amide bonds. The minimum absolute atomic E-state index is 0.210. The molecule has 6 nitrogen and oxygen atoms in total. The van der Waals surface area contributed by atoms with E-state index in [0.717, 1.165) is 0 Å². The Balaban J connectivity index is 2.30. The molecule has 0 aromatic heterocycles. The van der Waals surface area contributed by atoms with Gasteiger partial charge in [-0.25, -0.2) is 4.79 Å². The van der Waals surface area contributed by atoms with Gasteiger partial charge >= 0.3 is 6.03 Å². The molecule has 0 bridgehead atoms. The molecule has 21 heavy (non-hydrogen) atoms. The quantitative estimate of drug-likeness (QED) is 0.750. The number of urea groups is 1. The van der Waals surface area contributed by atoms with E-state index in [1.165, 1.54) is 12.7 Å². The van der Waals surface area contributed by atoms with E-state index < -0.39 is 11.9 Å². The molecule has 1 aromatic carbocycles. The van der Waals surface area contributed by atoms with Crippen LogP contribution < -0.4 is 15.4 Å². The van der Waals surface area contributed by atoms with Gasteiger partial charge in [-0.05, 0) is 23.6 Å². The third-order valence-electron chi connectivity index (χ3n) is 2.76. The highest BCUT2D eigenvalue weighted by Gasteiger charge is 2.08. The Kier molecular flexibility index (Phi) is 7.25. The number of carbonyl (C=O) groups excluding carboxylic acids is 2. The molecule has 0 radical (unpaired) electrons. The van der Waals surface area contributed by atoms with Crippen LogP contribution in [0.15, 0.2) is 24.3 Å². The Labute approximate surface area is 124 Å². The molecule has 0 heterocycles. The van der Waals surface area contributed by atoms with E-state index in [0.29, 0.717) is 24.8 Å². The summed E-state index contributed by atoms with van der Waals surface area (Å²) in [6, 6.07) is 6.96. The zero-order valence-electron chi connectivity index (χ0n) is 12.6. The van der Waals surface area contributed by atoms with Crippen LogP contribution in [0.4, 0.5) is 4.79 Å². The summed E-state index contributed by atoms with van der Waals surface area (Å²) in [5.74, 6) is 0.533. The van der Waals surface area contributed by atoms with Gasteiger partial charge in [0.25, 0.3) is 5.91 Å². The van der Waals surface area contributed by atoms with Crippen molar-refractivity contribution in [3.05, 3.63) is 29.8 Å². The monoisotopic (exact) mass is 294 g/mol. The summed E-state index contributed by atoms with van der Waals surface area (Å²) >= 11 is 0. The molecule has 2 N–H and O–H groups in total. The number of carbonyl (C=O) groups is 2. The number of rotatable bonds is 7. The molecule has 0 saturated carbocycles. The van der Waals surface area contributed by atoms with Gasteiger partial charge in [0.15, 0.2) is 6.61 Å². The summed E-state index contributed by atoms with van der Waals surface area (Å²) in [6.07, 6.45) is 0. The summed E-state index contributed by atoms with van der Waals surface area (Å²) in [5.41, 5.74) is 1.20. The van der Waals surface area contributed by atoms with Crippen molar-refractivity contribution in [2.24, 2.45) is 0 Å². The van der Waals surface area contributed by atoms with Crippen molar-refractivity contribution < 1.29 is 19.1 Å². The molecule has 0 fully saturated rings. The van der Waals surface area contributed by atoms with Gasteiger partial charge in [0.1, 0.15) is 5.75 Å². The van der Waals surface area contributed by atoms with Crippen LogP contribution in [0.1, 0.15) is 25.3 Å². The zero-order chi connectivity index (χ0) is 15.7. The minimum atomic E-state index is -0.559. The van der Waals surface area contributed by atoms with Gasteiger partial charge in [-0.15, -0.1) is 0 Å². The maximum absolute atomic E-state index is 11.5. The van der Waals surface area contributed by atoms with Gasteiger partial charge in [0, 0.05) is 13.7 Å². The summed E-state index contributed by atoms with van der Waals surface area (Å²) in [4.78, 5) is 22.8. The molecular formula is C15H22N2O4. The van der Waals surface area contributed by atoms with Crippen LogP contribution in [0.25, 0.3) is 0 Å². The van der Waals surface area contributed by atoms with E-state index in [4.69, 9.17) is 9.47 Å². The van der Waals surface area contributed by atoms with Crippen LogP contribution in [0.5, 0.6) is 5.75 Å². The smallest absolute Gasteiger partial charge is 0.321 e. The molecule has 6 heteroatoms. The average Bonchev–Trinajstić information content (AvgIpc) is 2.46. The summed E-state index contributed by atoms with van der Waals surface area (Å²) in [5, 5.41) is 4.65. The number of amides is 3. The van der Waals surface area contributed by atoms with E-state index in [9.17, 15) is 9.59 Å². The molecular weight excluding hydrogens is 272 g/mol. The van der Waals surface area contributed by atoms with Crippen LogP contribution in [-0.2, 0) is 9.53 Å². The van der Waals surface area contributed by atoms with Crippen LogP contribution in [0, 0.1) is 0 Å². The van der Waals surface area contributed by atoms with Crippen molar-refractivity contribution in [3.63, 3.8) is 0 Å². The minimum Gasteiger partial charge on any atom is -0.484 e. The second-order valence-electron chi connectivity index (χ2n) is 4.81. The molecule has 0 unspecified atom stereocenters. The Hall–Kier alpha value is -2.08. The first-order valence-electron chi connectivity index (χ1n) is 6.82. The highest BCUT2D eigenvalue weighted by atomic mass is 16.5. The second-order valence-corrected chi connectivity index (χ2v) is 4.81. The predicted octanol–water partition coefficient (Wildman–Crippen LogP) is 1.66. The fraction of sp³-hybridized carbons (Fsp3) is 0.467. The lowest BCUT2D eigenvalue weighted by molar-refractivity contribution is -0.122.